The van der Waals surface area contributed by atoms with Crippen LogP contribution in [-0.2, 0) is 0 Å². The third-order valence-corrected chi connectivity index (χ3v) is 2.82. The quantitative estimate of drug-likeness (QED) is 0.695. The molecule has 0 aliphatic carbocycles. The van der Waals surface area contributed by atoms with E-state index in [1.807, 2.05) is 37.1 Å². The molecule has 0 spiro atoms. The molecule has 0 fully saturated rings. The SMILES string of the molecule is [2H]C([2H])([2H])N1C=CN(c2ccc(C)cc2C)C1C. The van der Waals surface area contributed by atoms with Crippen LogP contribution in [0.15, 0.2) is 30.6 Å². The van der Waals surface area contributed by atoms with Gasteiger partial charge in [0.15, 0.2) is 0 Å². The van der Waals surface area contributed by atoms with Crippen molar-refractivity contribution in [2.45, 2.75) is 26.9 Å². The summed E-state index contributed by atoms with van der Waals surface area (Å²) in [6.45, 7) is 3.89. The van der Waals surface area contributed by atoms with Gasteiger partial charge in [-0.25, -0.2) is 0 Å². The number of benzene rings is 1. The molecule has 1 unspecified atom stereocenters. The van der Waals surface area contributed by atoms with Crippen molar-refractivity contribution in [3.63, 3.8) is 0 Å². The highest BCUT2D eigenvalue weighted by atomic mass is 15.4. The van der Waals surface area contributed by atoms with E-state index in [0.717, 1.165) is 11.3 Å². The minimum Gasteiger partial charge on any atom is -0.359 e. The van der Waals surface area contributed by atoms with E-state index in [4.69, 9.17) is 4.11 Å². The number of hydrogen-bond donors (Lipinski definition) is 0. The van der Waals surface area contributed by atoms with E-state index in [2.05, 4.69) is 13.0 Å². The smallest absolute Gasteiger partial charge is 0.102 e. The van der Waals surface area contributed by atoms with Gasteiger partial charge in [0.2, 0.25) is 0 Å². The minimum absolute atomic E-state index is 0.195. The second kappa shape index (κ2) is 3.61. The third-order valence-electron chi connectivity index (χ3n) is 2.82. The van der Waals surface area contributed by atoms with E-state index < -0.39 is 6.98 Å². The summed E-state index contributed by atoms with van der Waals surface area (Å²) in [5, 5.41) is 0. The lowest BCUT2D eigenvalue weighted by molar-refractivity contribution is 0.383. The predicted octanol–water partition coefficient (Wildman–Crippen LogP) is 2.87. The molecule has 1 aromatic carbocycles. The normalized spacial score (nSPS) is 23.9. The Morgan fingerprint density at radius 2 is 2.07 bits per heavy atom. The molecular formula is C13H18N2. The van der Waals surface area contributed by atoms with Crippen LogP contribution in [0.4, 0.5) is 5.69 Å². The Morgan fingerprint density at radius 1 is 1.27 bits per heavy atom. The van der Waals surface area contributed by atoms with Crippen molar-refractivity contribution in [3.8, 4) is 0 Å². The van der Waals surface area contributed by atoms with Crippen molar-refractivity contribution in [1.29, 1.82) is 0 Å². The zero-order chi connectivity index (χ0) is 13.5. The van der Waals surface area contributed by atoms with Crippen LogP contribution in [0.25, 0.3) is 0 Å². The molecule has 0 saturated heterocycles. The Hall–Kier alpha value is -1.44. The fourth-order valence-electron chi connectivity index (χ4n) is 1.90. The van der Waals surface area contributed by atoms with Gasteiger partial charge in [-0.15, -0.1) is 0 Å². The van der Waals surface area contributed by atoms with Gasteiger partial charge in [0, 0.05) is 29.2 Å². The van der Waals surface area contributed by atoms with Crippen molar-refractivity contribution in [2.24, 2.45) is 0 Å². The molecule has 2 nitrogen and oxygen atoms in total. The highest BCUT2D eigenvalue weighted by molar-refractivity contribution is 5.58. The average molecular weight is 205 g/mol. The van der Waals surface area contributed by atoms with E-state index >= 15 is 0 Å². The summed E-state index contributed by atoms with van der Waals surface area (Å²) in [6.07, 6.45) is 3.27. The number of aryl methyl sites for hydroxylation is 2. The summed E-state index contributed by atoms with van der Waals surface area (Å²) in [4.78, 5) is 3.38. The molecule has 0 radical (unpaired) electrons. The lowest BCUT2D eigenvalue weighted by Crippen LogP contribution is -2.33. The second-order valence-corrected chi connectivity index (χ2v) is 4.03. The molecule has 1 aliphatic heterocycles. The Morgan fingerprint density at radius 3 is 2.67 bits per heavy atom. The summed E-state index contributed by atoms with van der Waals surface area (Å²) in [5.41, 5.74) is 3.41. The first-order valence-electron chi connectivity index (χ1n) is 6.63. The standard InChI is InChI=1S/C13H18N2/c1-10-5-6-13(11(2)9-10)15-8-7-14(4)12(15)3/h5-9,12H,1-4H3/i4D3. The molecule has 1 aliphatic rings. The predicted molar refractivity (Wildman–Crippen MR) is 64.8 cm³/mol. The van der Waals surface area contributed by atoms with Crippen molar-refractivity contribution in [3.05, 3.63) is 41.7 Å². The van der Waals surface area contributed by atoms with Gasteiger partial charge in [-0.1, -0.05) is 17.7 Å². The van der Waals surface area contributed by atoms with Gasteiger partial charge in [0.05, 0.1) is 0 Å². The van der Waals surface area contributed by atoms with Crippen LogP contribution in [0, 0.1) is 13.8 Å². The Labute approximate surface area is 96.0 Å². The fraction of sp³-hybridized carbons (Fsp3) is 0.385. The number of hydrogen-bond acceptors (Lipinski definition) is 2. The number of nitrogens with zero attached hydrogens (tertiary/aromatic N) is 2. The molecule has 0 aromatic heterocycles. The third kappa shape index (κ3) is 1.72. The number of anilines is 1. The van der Waals surface area contributed by atoms with Gasteiger partial charge >= 0.3 is 0 Å². The summed E-state index contributed by atoms with van der Waals surface area (Å²) in [7, 11) is 0. The van der Waals surface area contributed by atoms with E-state index in [0.29, 0.717) is 0 Å². The van der Waals surface area contributed by atoms with Crippen LogP contribution in [-0.4, -0.2) is 18.0 Å². The largest absolute Gasteiger partial charge is 0.359 e. The molecule has 80 valence electrons. The maximum atomic E-state index is 7.48. The van der Waals surface area contributed by atoms with Crippen LogP contribution >= 0.6 is 0 Å². The first kappa shape index (κ1) is 6.94. The van der Waals surface area contributed by atoms with Crippen LogP contribution in [0.1, 0.15) is 22.2 Å². The van der Waals surface area contributed by atoms with Gasteiger partial charge in [0.25, 0.3) is 0 Å². The minimum atomic E-state index is -2.09. The molecule has 1 heterocycles. The van der Waals surface area contributed by atoms with Crippen molar-refractivity contribution >= 4 is 5.69 Å². The summed E-state index contributed by atoms with van der Waals surface area (Å²) in [6, 6.07) is 6.18. The van der Waals surface area contributed by atoms with E-state index in [9.17, 15) is 0 Å². The van der Waals surface area contributed by atoms with Crippen LogP contribution < -0.4 is 4.90 Å². The van der Waals surface area contributed by atoms with E-state index in [1.54, 1.807) is 6.20 Å². The average Bonchev–Trinajstić information content (AvgIpc) is 2.60. The van der Waals surface area contributed by atoms with Crippen molar-refractivity contribution < 1.29 is 4.11 Å². The maximum absolute atomic E-state index is 7.48. The molecular weight excluding hydrogens is 184 g/mol. The zero-order valence-electron chi connectivity index (χ0n) is 12.4. The molecule has 1 aromatic rings. The monoisotopic (exact) mass is 205 g/mol. The van der Waals surface area contributed by atoms with Gasteiger partial charge in [-0.05, 0) is 32.4 Å². The van der Waals surface area contributed by atoms with Gasteiger partial charge < -0.3 is 9.80 Å². The Balaban J connectivity index is 2.30. The van der Waals surface area contributed by atoms with E-state index in [1.165, 1.54) is 10.5 Å². The highest BCUT2D eigenvalue weighted by Gasteiger charge is 2.20. The lowest BCUT2D eigenvalue weighted by Gasteiger charge is -2.28. The van der Waals surface area contributed by atoms with Crippen LogP contribution in [0.5, 0.6) is 0 Å². The Bertz CT molecular complexity index is 480. The zero-order valence-corrected chi connectivity index (χ0v) is 9.36. The molecule has 1 atom stereocenters. The van der Waals surface area contributed by atoms with Gasteiger partial charge in [-0.3, -0.25) is 0 Å². The first-order chi connectivity index (χ1) is 8.30. The molecule has 15 heavy (non-hydrogen) atoms. The molecule has 0 amide bonds. The summed E-state index contributed by atoms with van der Waals surface area (Å²) >= 11 is 0. The molecule has 2 rings (SSSR count). The Kier molecular flexibility index (Phi) is 1.67. The summed E-state index contributed by atoms with van der Waals surface area (Å²) < 4.78 is 22.4. The molecule has 0 saturated carbocycles. The maximum Gasteiger partial charge on any atom is 0.102 e. The topological polar surface area (TPSA) is 6.48 Å². The van der Waals surface area contributed by atoms with Gasteiger partial charge in [-0.2, -0.15) is 0 Å². The van der Waals surface area contributed by atoms with Crippen LogP contribution in [0.2, 0.25) is 0 Å². The molecule has 0 N–H and O–H groups in total. The highest BCUT2D eigenvalue weighted by Crippen LogP contribution is 2.27. The summed E-state index contributed by atoms with van der Waals surface area (Å²) in [5.74, 6) is 0. The van der Waals surface area contributed by atoms with E-state index in [-0.39, 0.29) is 6.17 Å². The van der Waals surface area contributed by atoms with Crippen molar-refractivity contribution in [1.82, 2.24) is 4.90 Å². The fourth-order valence-corrected chi connectivity index (χ4v) is 1.90. The van der Waals surface area contributed by atoms with Crippen LogP contribution in [0.3, 0.4) is 0 Å². The van der Waals surface area contributed by atoms with Gasteiger partial charge in [0.1, 0.15) is 6.17 Å². The number of rotatable bonds is 1. The lowest BCUT2D eigenvalue weighted by atomic mass is 10.1. The molecule has 0 bridgehead atoms. The van der Waals surface area contributed by atoms with Crippen molar-refractivity contribution in [2.75, 3.05) is 11.9 Å². The first-order valence-corrected chi connectivity index (χ1v) is 5.13. The second-order valence-electron chi connectivity index (χ2n) is 4.03. The molecule has 2 heteroatoms.